The van der Waals surface area contributed by atoms with Crippen molar-refractivity contribution in [3.05, 3.63) is 34.3 Å². The molecule has 2 aliphatic heterocycles. The Kier molecular flexibility index (Phi) is 9.45. The number of carbonyl (C=O) groups is 3. The van der Waals surface area contributed by atoms with E-state index in [2.05, 4.69) is 27.7 Å². The van der Waals surface area contributed by atoms with Crippen LogP contribution in [0.5, 0.6) is 0 Å². The normalized spacial score (nSPS) is 32.9. The van der Waals surface area contributed by atoms with Gasteiger partial charge in [-0.1, -0.05) is 33.8 Å². The summed E-state index contributed by atoms with van der Waals surface area (Å²) in [6.45, 7) is 19.1. The third-order valence-electron chi connectivity index (χ3n) is 10.5. The third kappa shape index (κ3) is 6.24. The number of Topliss-reactive ketones (excluding diaryl/α,β-unsaturated/α-hetero) is 2. The Hall–Kier alpha value is -2.45. The number of hydrogen-bond donors (Lipinski definition) is 1. The van der Waals surface area contributed by atoms with Gasteiger partial charge in [-0.3, -0.25) is 14.4 Å². The Morgan fingerprint density at radius 1 is 1.12 bits per heavy atom. The van der Waals surface area contributed by atoms with E-state index in [9.17, 15) is 19.5 Å². The van der Waals surface area contributed by atoms with Crippen LogP contribution in [0.4, 0.5) is 0 Å². The van der Waals surface area contributed by atoms with Gasteiger partial charge < -0.3 is 24.1 Å². The number of esters is 1. The van der Waals surface area contributed by atoms with Gasteiger partial charge in [-0.05, 0) is 84.6 Å². The number of aliphatic hydroxyl groups is 1. The summed E-state index contributed by atoms with van der Waals surface area (Å²) in [5.41, 5.74) is -0.555. The highest BCUT2D eigenvalue weighted by atomic mass is 16.5. The largest absolute Gasteiger partial charge is 0.489 e. The van der Waals surface area contributed by atoms with E-state index >= 15 is 0 Å². The van der Waals surface area contributed by atoms with Crippen LogP contribution in [-0.2, 0) is 33.3 Å². The molecule has 0 amide bonds. The van der Waals surface area contributed by atoms with E-state index in [0.29, 0.717) is 37.4 Å². The molecule has 0 bridgehead atoms. The average Bonchev–Trinajstić information content (AvgIpc) is 2.91. The lowest BCUT2D eigenvalue weighted by Crippen LogP contribution is -2.62. The SMILES string of the molecule is C/C=C(\C)[C@@H](OC(C)=O)[C@@H](C)C1=C(OCCC(C)C)C(=O)C2=C(O[C@]3(C)CC[C@H]4O[C@@H](C(C)(C)O)CC[C@]4(C)[C@H]3C2)C1=O. The molecule has 1 saturated heterocycles. The Morgan fingerprint density at radius 3 is 2.37 bits per heavy atom. The minimum absolute atomic E-state index is 0.0460. The molecule has 1 N–H and O–H groups in total. The minimum Gasteiger partial charge on any atom is -0.489 e. The van der Waals surface area contributed by atoms with Gasteiger partial charge in [-0.25, -0.2) is 0 Å². The summed E-state index contributed by atoms with van der Waals surface area (Å²) in [7, 11) is 0. The van der Waals surface area contributed by atoms with Crippen molar-refractivity contribution in [2.45, 2.75) is 137 Å². The van der Waals surface area contributed by atoms with Crippen molar-refractivity contribution in [3.63, 3.8) is 0 Å². The van der Waals surface area contributed by atoms with Gasteiger partial charge in [0.05, 0.1) is 30.0 Å². The van der Waals surface area contributed by atoms with Crippen LogP contribution in [0.15, 0.2) is 34.3 Å². The van der Waals surface area contributed by atoms with E-state index in [4.69, 9.17) is 18.9 Å². The smallest absolute Gasteiger partial charge is 0.303 e. The number of ketones is 2. The minimum atomic E-state index is -0.942. The molecule has 43 heavy (non-hydrogen) atoms. The van der Waals surface area contributed by atoms with Gasteiger partial charge in [-0.2, -0.15) is 0 Å². The molecule has 0 radical (unpaired) electrons. The van der Waals surface area contributed by atoms with Crippen molar-refractivity contribution < 1.29 is 38.4 Å². The van der Waals surface area contributed by atoms with Crippen molar-refractivity contribution in [2.24, 2.45) is 23.2 Å². The van der Waals surface area contributed by atoms with Gasteiger partial charge >= 0.3 is 5.97 Å². The van der Waals surface area contributed by atoms with Crippen LogP contribution in [0.3, 0.4) is 0 Å². The molecule has 4 rings (SSSR count). The first kappa shape index (κ1) is 33.4. The zero-order chi connectivity index (χ0) is 32.1. The van der Waals surface area contributed by atoms with Crippen LogP contribution in [-0.4, -0.2) is 58.8 Å². The lowest BCUT2D eigenvalue weighted by molar-refractivity contribution is -0.245. The van der Waals surface area contributed by atoms with Crippen molar-refractivity contribution in [1.82, 2.24) is 0 Å². The Bertz CT molecular complexity index is 1230. The molecule has 7 atom stereocenters. The fourth-order valence-electron chi connectivity index (χ4n) is 7.69. The molecule has 1 saturated carbocycles. The second-order valence-corrected chi connectivity index (χ2v) is 14.6. The fraction of sp³-hybridized carbons (Fsp3) is 0.743. The van der Waals surface area contributed by atoms with Crippen molar-refractivity contribution >= 4 is 17.5 Å². The van der Waals surface area contributed by atoms with Gasteiger partial charge in [0.1, 0.15) is 11.7 Å². The van der Waals surface area contributed by atoms with Gasteiger partial charge in [-0.15, -0.1) is 0 Å². The fourth-order valence-corrected chi connectivity index (χ4v) is 7.69. The number of carbonyl (C=O) groups excluding carboxylic acids is 3. The molecule has 0 spiro atoms. The number of ether oxygens (including phenoxy) is 4. The lowest BCUT2D eigenvalue weighted by Gasteiger charge is -2.60. The molecule has 240 valence electrons. The van der Waals surface area contributed by atoms with Crippen molar-refractivity contribution in [3.8, 4) is 0 Å². The average molecular weight is 601 g/mol. The quantitative estimate of drug-likeness (QED) is 0.191. The first-order valence-electron chi connectivity index (χ1n) is 16.0. The molecule has 0 aromatic carbocycles. The molecule has 0 aromatic heterocycles. The van der Waals surface area contributed by atoms with Crippen molar-refractivity contribution in [1.29, 1.82) is 0 Å². The lowest BCUT2D eigenvalue weighted by atomic mass is 9.53. The molecule has 2 aliphatic carbocycles. The molecule has 0 aromatic rings. The highest BCUT2D eigenvalue weighted by Gasteiger charge is 2.61. The number of allylic oxidation sites excluding steroid dienone is 3. The molecule has 4 aliphatic rings. The topological polar surface area (TPSA) is 108 Å². The summed E-state index contributed by atoms with van der Waals surface area (Å²) >= 11 is 0. The van der Waals surface area contributed by atoms with E-state index in [1.165, 1.54) is 6.92 Å². The molecular formula is C35H52O8. The van der Waals surface area contributed by atoms with Crippen LogP contribution in [0, 0.1) is 23.2 Å². The van der Waals surface area contributed by atoms with Gasteiger partial charge in [0.15, 0.2) is 11.5 Å². The summed E-state index contributed by atoms with van der Waals surface area (Å²) in [4.78, 5) is 40.8. The van der Waals surface area contributed by atoms with Crippen LogP contribution in [0.1, 0.15) is 108 Å². The highest BCUT2D eigenvalue weighted by molar-refractivity contribution is 6.24. The van der Waals surface area contributed by atoms with E-state index in [-0.39, 0.29) is 52.2 Å². The highest BCUT2D eigenvalue weighted by Crippen LogP contribution is 2.60. The summed E-state index contributed by atoms with van der Waals surface area (Å²) in [6, 6.07) is 0. The summed E-state index contributed by atoms with van der Waals surface area (Å²) < 4.78 is 25.1. The maximum Gasteiger partial charge on any atom is 0.303 e. The van der Waals surface area contributed by atoms with Crippen molar-refractivity contribution in [2.75, 3.05) is 6.61 Å². The van der Waals surface area contributed by atoms with Gasteiger partial charge in [0, 0.05) is 29.7 Å². The van der Waals surface area contributed by atoms with Crippen LogP contribution < -0.4 is 0 Å². The van der Waals surface area contributed by atoms with E-state index in [1.54, 1.807) is 20.8 Å². The second-order valence-electron chi connectivity index (χ2n) is 14.6. The van der Waals surface area contributed by atoms with Crippen LogP contribution >= 0.6 is 0 Å². The molecular weight excluding hydrogens is 548 g/mol. The third-order valence-corrected chi connectivity index (χ3v) is 10.5. The summed E-state index contributed by atoms with van der Waals surface area (Å²) in [6.07, 6.45) is 4.80. The predicted octanol–water partition coefficient (Wildman–Crippen LogP) is 6.16. The molecule has 0 unspecified atom stereocenters. The molecule has 2 heterocycles. The maximum atomic E-state index is 14.4. The Balaban J connectivity index is 1.74. The van der Waals surface area contributed by atoms with Gasteiger partial charge in [0.25, 0.3) is 0 Å². The first-order chi connectivity index (χ1) is 19.9. The second kappa shape index (κ2) is 12.2. The van der Waals surface area contributed by atoms with E-state index < -0.39 is 29.2 Å². The van der Waals surface area contributed by atoms with E-state index in [0.717, 1.165) is 24.8 Å². The number of fused-ring (bicyclic) bond motifs is 3. The monoisotopic (exact) mass is 600 g/mol. The van der Waals surface area contributed by atoms with E-state index in [1.807, 2.05) is 19.9 Å². The van der Waals surface area contributed by atoms with Gasteiger partial charge in [0.2, 0.25) is 11.6 Å². The van der Waals surface area contributed by atoms with Crippen LogP contribution in [0.25, 0.3) is 0 Å². The van der Waals surface area contributed by atoms with Crippen LogP contribution in [0.2, 0.25) is 0 Å². The Labute approximate surface area is 257 Å². The summed E-state index contributed by atoms with van der Waals surface area (Å²) in [5, 5.41) is 10.7. The molecule has 8 nitrogen and oxygen atoms in total. The zero-order valence-corrected chi connectivity index (χ0v) is 27.8. The summed E-state index contributed by atoms with van der Waals surface area (Å²) in [5.74, 6) is -1.35. The molecule has 2 fully saturated rings. The number of rotatable bonds is 9. The molecule has 8 heteroatoms. The first-order valence-corrected chi connectivity index (χ1v) is 16.0. The number of hydrogen-bond acceptors (Lipinski definition) is 8. The maximum absolute atomic E-state index is 14.4. The zero-order valence-electron chi connectivity index (χ0n) is 27.8. The standard InChI is InChI=1S/C35H52O8/c1-11-20(4)30(41-22(6)36)21(5)27-29(38)31-23(28(37)32(27)40-17-14-19(2)3)18-24-34(9)15-12-25(33(7,8)39)42-26(34)13-16-35(24,10)43-31/h11,19,21,24-26,30,39H,12-18H2,1-10H3/b20-11+/t21-,24+,25+,26+,30+,34+,35+/m0/s1. The Morgan fingerprint density at radius 2 is 1.79 bits per heavy atom. The predicted molar refractivity (Wildman–Crippen MR) is 163 cm³/mol.